The monoisotopic (exact) mass is 294 g/mol. The normalized spacial score (nSPS) is 10.5. The smallest absolute Gasteiger partial charge is 0.173 e. The van der Waals surface area contributed by atoms with Gasteiger partial charge in [0.2, 0.25) is 0 Å². The third-order valence-electron chi connectivity index (χ3n) is 3.14. The van der Waals surface area contributed by atoms with E-state index in [4.69, 9.17) is 4.74 Å². The Morgan fingerprint density at radius 1 is 1.10 bits per heavy atom. The van der Waals surface area contributed by atoms with Crippen molar-refractivity contribution in [3.05, 3.63) is 64.5 Å². The van der Waals surface area contributed by atoms with E-state index in [1.165, 1.54) is 32.2 Å². The summed E-state index contributed by atoms with van der Waals surface area (Å²) in [5, 5.41) is 0. The number of hydrogen-bond donors (Lipinski definition) is 0. The SMILES string of the molecule is COc1ccc(CC(=O)c2c(F)ccc(C)c2F)cc1F. The summed E-state index contributed by atoms with van der Waals surface area (Å²) in [4.78, 5) is 12.0. The van der Waals surface area contributed by atoms with Crippen LogP contribution in [0.1, 0.15) is 21.5 Å². The Labute approximate surface area is 120 Å². The number of halogens is 3. The number of carbonyl (C=O) groups is 1. The highest BCUT2D eigenvalue weighted by atomic mass is 19.1. The van der Waals surface area contributed by atoms with E-state index in [1.807, 2.05) is 0 Å². The maximum atomic E-state index is 13.9. The first kappa shape index (κ1) is 15.1. The van der Waals surface area contributed by atoms with Crippen molar-refractivity contribution in [1.82, 2.24) is 0 Å². The number of Topliss-reactive ketones (excluding diaryl/α,β-unsaturated/α-hetero) is 1. The van der Waals surface area contributed by atoms with Gasteiger partial charge in [-0.3, -0.25) is 4.79 Å². The molecule has 0 atom stereocenters. The molecule has 0 radical (unpaired) electrons. The molecule has 21 heavy (non-hydrogen) atoms. The highest BCUT2D eigenvalue weighted by Crippen LogP contribution is 2.21. The second-order valence-electron chi connectivity index (χ2n) is 4.62. The second-order valence-corrected chi connectivity index (χ2v) is 4.62. The topological polar surface area (TPSA) is 26.3 Å². The van der Waals surface area contributed by atoms with E-state index in [9.17, 15) is 18.0 Å². The lowest BCUT2D eigenvalue weighted by molar-refractivity contribution is 0.0984. The molecule has 2 nitrogen and oxygen atoms in total. The summed E-state index contributed by atoms with van der Waals surface area (Å²) >= 11 is 0. The minimum absolute atomic E-state index is 0.0408. The van der Waals surface area contributed by atoms with E-state index in [2.05, 4.69) is 0 Å². The van der Waals surface area contributed by atoms with Crippen LogP contribution in [0.2, 0.25) is 0 Å². The largest absolute Gasteiger partial charge is 0.494 e. The van der Waals surface area contributed by atoms with Crippen LogP contribution < -0.4 is 4.74 Å². The van der Waals surface area contributed by atoms with Gasteiger partial charge in [0.05, 0.1) is 12.7 Å². The van der Waals surface area contributed by atoms with E-state index in [-0.39, 0.29) is 17.7 Å². The summed E-state index contributed by atoms with van der Waals surface area (Å²) in [6.07, 6.45) is -0.293. The zero-order valence-corrected chi connectivity index (χ0v) is 11.5. The summed E-state index contributed by atoms with van der Waals surface area (Å²) in [7, 11) is 1.32. The van der Waals surface area contributed by atoms with E-state index in [0.717, 1.165) is 12.1 Å². The molecule has 0 fully saturated rings. The number of methoxy groups -OCH3 is 1. The minimum Gasteiger partial charge on any atom is -0.494 e. The van der Waals surface area contributed by atoms with E-state index >= 15 is 0 Å². The van der Waals surface area contributed by atoms with Crippen molar-refractivity contribution in [3.8, 4) is 5.75 Å². The fourth-order valence-corrected chi connectivity index (χ4v) is 2.01. The molecular weight excluding hydrogens is 281 g/mol. The molecule has 0 N–H and O–H groups in total. The van der Waals surface area contributed by atoms with Gasteiger partial charge in [-0.2, -0.15) is 0 Å². The summed E-state index contributed by atoms with van der Waals surface area (Å²) < 4.78 is 45.8. The van der Waals surface area contributed by atoms with Gasteiger partial charge in [0.25, 0.3) is 0 Å². The first-order chi connectivity index (χ1) is 9.93. The number of carbonyl (C=O) groups excluding carboxylic acids is 1. The number of ketones is 1. The van der Waals surface area contributed by atoms with Gasteiger partial charge in [-0.25, -0.2) is 13.2 Å². The molecule has 0 unspecified atom stereocenters. The molecule has 2 aromatic rings. The molecule has 0 saturated heterocycles. The van der Waals surface area contributed by atoms with Crippen LogP contribution in [0.4, 0.5) is 13.2 Å². The van der Waals surface area contributed by atoms with Crippen molar-refractivity contribution < 1.29 is 22.7 Å². The average molecular weight is 294 g/mol. The predicted molar refractivity (Wildman–Crippen MR) is 72.1 cm³/mol. The minimum atomic E-state index is -0.919. The maximum Gasteiger partial charge on any atom is 0.173 e. The van der Waals surface area contributed by atoms with Crippen molar-refractivity contribution in [1.29, 1.82) is 0 Å². The first-order valence-electron chi connectivity index (χ1n) is 6.24. The van der Waals surface area contributed by atoms with Crippen LogP contribution in [0.15, 0.2) is 30.3 Å². The number of rotatable bonds is 4. The van der Waals surface area contributed by atoms with Crippen LogP contribution in [0.5, 0.6) is 5.75 Å². The Morgan fingerprint density at radius 2 is 1.81 bits per heavy atom. The molecule has 0 heterocycles. The number of benzene rings is 2. The lowest BCUT2D eigenvalue weighted by Crippen LogP contribution is -2.10. The van der Waals surface area contributed by atoms with E-state index in [0.29, 0.717) is 5.56 Å². The summed E-state index contributed by atoms with van der Waals surface area (Å²) in [5.74, 6) is -3.13. The molecule has 2 rings (SSSR count). The number of ether oxygens (including phenoxy) is 1. The van der Waals surface area contributed by atoms with Crippen LogP contribution in [-0.4, -0.2) is 12.9 Å². The molecule has 0 spiro atoms. The Kier molecular flexibility index (Phi) is 4.31. The standard InChI is InChI=1S/C16H13F3O2/c1-9-3-5-11(17)15(16(9)19)13(20)8-10-4-6-14(21-2)12(18)7-10/h3-7H,8H2,1-2H3. The molecule has 0 aliphatic heterocycles. The van der Waals surface area contributed by atoms with E-state index < -0.39 is 28.8 Å². The van der Waals surface area contributed by atoms with Gasteiger partial charge in [-0.05, 0) is 36.2 Å². The highest BCUT2D eigenvalue weighted by molar-refractivity contribution is 5.98. The number of aryl methyl sites for hydroxylation is 1. The molecular formula is C16H13F3O2. The van der Waals surface area contributed by atoms with Crippen molar-refractivity contribution >= 4 is 5.78 Å². The Morgan fingerprint density at radius 3 is 2.43 bits per heavy atom. The third kappa shape index (κ3) is 3.07. The maximum absolute atomic E-state index is 13.9. The molecule has 2 aromatic carbocycles. The lowest BCUT2D eigenvalue weighted by Gasteiger charge is -2.08. The Bertz CT molecular complexity index is 696. The van der Waals surface area contributed by atoms with Crippen LogP contribution in [0, 0.1) is 24.4 Å². The molecule has 0 aliphatic carbocycles. The third-order valence-corrected chi connectivity index (χ3v) is 3.14. The van der Waals surface area contributed by atoms with Crippen molar-refractivity contribution in [2.45, 2.75) is 13.3 Å². The predicted octanol–water partition coefficient (Wildman–Crippen LogP) is 3.85. The van der Waals surface area contributed by atoms with Gasteiger partial charge in [-0.15, -0.1) is 0 Å². The highest BCUT2D eigenvalue weighted by Gasteiger charge is 2.19. The van der Waals surface area contributed by atoms with Gasteiger partial charge < -0.3 is 4.74 Å². The van der Waals surface area contributed by atoms with Crippen molar-refractivity contribution in [2.75, 3.05) is 7.11 Å². The molecule has 0 saturated carbocycles. The zero-order chi connectivity index (χ0) is 15.6. The van der Waals surface area contributed by atoms with Gasteiger partial charge in [0.1, 0.15) is 11.6 Å². The quantitative estimate of drug-likeness (QED) is 0.801. The number of hydrogen-bond acceptors (Lipinski definition) is 2. The summed E-state index contributed by atoms with van der Waals surface area (Å²) in [6.45, 7) is 1.44. The van der Waals surface area contributed by atoms with Crippen LogP contribution in [-0.2, 0) is 6.42 Å². The van der Waals surface area contributed by atoms with Gasteiger partial charge in [0.15, 0.2) is 17.3 Å². The van der Waals surface area contributed by atoms with Crippen molar-refractivity contribution in [2.24, 2.45) is 0 Å². The fraction of sp³-hybridized carbons (Fsp3) is 0.188. The first-order valence-corrected chi connectivity index (χ1v) is 6.24. The summed E-state index contributed by atoms with van der Waals surface area (Å²) in [5.41, 5.74) is -0.0921. The Balaban J connectivity index is 2.30. The average Bonchev–Trinajstić information content (AvgIpc) is 2.43. The fourth-order valence-electron chi connectivity index (χ4n) is 2.01. The van der Waals surface area contributed by atoms with Crippen LogP contribution in [0.3, 0.4) is 0 Å². The summed E-state index contributed by atoms with van der Waals surface area (Å²) in [6, 6.07) is 6.25. The molecule has 0 bridgehead atoms. The Hall–Kier alpha value is -2.30. The molecule has 0 aliphatic rings. The zero-order valence-electron chi connectivity index (χ0n) is 11.5. The van der Waals surface area contributed by atoms with Gasteiger partial charge >= 0.3 is 0 Å². The van der Waals surface area contributed by atoms with Crippen LogP contribution in [0.25, 0.3) is 0 Å². The molecule has 0 aromatic heterocycles. The van der Waals surface area contributed by atoms with Crippen LogP contribution >= 0.6 is 0 Å². The second kappa shape index (κ2) is 5.99. The lowest BCUT2D eigenvalue weighted by atomic mass is 10.00. The van der Waals surface area contributed by atoms with Crippen molar-refractivity contribution in [3.63, 3.8) is 0 Å². The molecule has 110 valence electrons. The van der Waals surface area contributed by atoms with E-state index in [1.54, 1.807) is 0 Å². The van der Waals surface area contributed by atoms with Gasteiger partial charge in [-0.1, -0.05) is 12.1 Å². The van der Waals surface area contributed by atoms with Gasteiger partial charge in [0, 0.05) is 6.42 Å². The molecule has 5 heteroatoms. The molecule has 0 amide bonds.